The highest BCUT2D eigenvalue weighted by atomic mass is 32.2. The van der Waals surface area contributed by atoms with Gasteiger partial charge in [0.2, 0.25) is 5.91 Å². The van der Waals surface area contributed by atoms with E-state index in [9.17, 15) is 9.59 Å². The predicted octanol–water partition coefficient (Wildman–Crippen LogP) is 1.18. The normalized spacial score (nSPS) is 20.2. The number of imide groups is 1. The number of ether oxygens (including phenoxy) is 1. The molecule has 0 radical (unpaired) electrons. The van der Waals surface area contributed by atoms with Crippen molar-refractivity contribution < 1.29 is 14.3 Å². The van der Waals surface area contributed by atoms with Gasteiger partial charge in [0, 0.05) is 12.6 Å². The molecule has 0 atom stereocenters. The maximum Gasteiger partial charge on any atom is 0.288 e. The SMILES string of the molecule is CCN(CCOCCN1C(=O)CSC1=O)C1CC1. The zero-order valence-electron chi connectivity index (χ0n) is 10.8. The van der Waals surface area contributed by atoms with Gasteiger partial charge in [-0.25, -0.2) is 0 Å². The van der Waals surface area contributed by atoms with Crippen LogP contribution in [0.1, 0.15) is 19.8 Å². The maximum absolute atomic E-state index is 11.3. The van der Waals surface area contributed by atoms with Gasteiger partial charge in [-0.05, 0) is 19.4 Å². The van der Waals surface area contributed by atoms with Gasteiger partial charge < -0.3 is 4.74 Å². The first-order chi connectivity index (χ1) is 8.72. The molecule has 2 amide bonds. The van der Waals surface area contributed by atoms with Crippen LogP contribution < -0.4 is 0 Å². The van der Waals surface area contributed by atoms with E-state index in [-0.39, 0.29) is 16.9 Å². The molecule has 0 unspecified atom stereocenters. The Morgan fingerprint density at radius 1 is 1.39 bits per heavy atom. The Morgan fingerprint density at radius 3 is 2.72 bits per heavy atom. The molecule has 18 heavy (non-hydrogen) atoms. The van der Waals surface area contributed by atoms with E-state index in [0.717, 1.165) is 30.9 Å². The second-order valence-electron chi connectivity index (χ2n) is 4.57. The fourth-order valence-electron chi connectivity index (χ4n) is 2.08. The lowest BCUT2D eigenvalue weighted by atomic mass is 10.4. The molecule has 1 saturated carbocycles. The molecule has 5 nitrogen and oxygen atoms in total. The van der Waals surface area contributed by atoms with Crippen LogP contribution in [0, 0.1) is 0 Å². The van der Waals surface area contributed by atoms with Crippen LogP contribution >= 0.6 is 11.8 Å². The standard InChI is InChI=1S/C12H20N2O3S/c1-2-13(10-3-4-10)5-7-17-8-6-14-11(15)9-18-12(14)16/h10H,2-9H2,1H3. The molecule has 1 heterocycles. The van der Waals surface area contributed by atoms with E-state index in [1.54, 1.807) is 0 Å². The number of likely N-dealkylation sites (N-methyl/N-ethyl adjacent to an activating group) is 1. The van der Waals surface area contributed by atoms with Crippen LogP contribution in [0.25, 0.3) is 0 Å². The first-order valence-corrected chi connectivity index (χ1v) is 7.50. The van der Waals surface area contributed by atoms with Crippen molar-refractivity contribution >= 4 is 22.9 Å². The second kappa shape index (κ2) is 6.54. The Hall–Kier alpha value is -0.590. The summed E-state index contributed by atoms with van der Waals surface area (Å²) < 4.78 is 5.51. The van der Waals surface area contributed by atoms with E-state index in [2.05, 4.69) is 11.8 Å². The quantitative estimate of drug-likeness (QED) is 0.621. The van der Waals surface area contributed by atoms with Crippen LogP contribution in [0.15, 0.2) is 0 Å². The zero-order valence-corrected chi connectivity index (χ0v) is 11.6. The summed E-state index contributed by atoms with van der Waals surface area (Å²) in [6.07, 6.45) is 2.61. The molecule has 0 N–H and O–H groups in total. The minimum Gasteiger partial charge on any atom is -0.378 e. The first-order valence-electron chi connectivity index (χ1n) is 6.51. The summed E-state index contributed by atoms with van der Waals surface area (Å²) >= 11 is 1.07. The van der Waals surface area contributed by atoms with Crippen molar-refractivity contribution in [3.8, 4) is 0 Å². The molecular weight excluding hydrogens is 252 g/mol. The summed E-state index contributed by atoms with van der Waals surface area (Å²) in [6.45, 7) is 5.68. The number of thioether (sulfide) groups is 1. The van der Waals surface area contributed by atoms with E-state index >= 15 is 0 Å². The Morgan fingerprint density at radius 2 is 2.17 bits per heavy atom. The second-order valence-corrected chi connectivity index (χ2v) is 5.50. The molecule has 1 saturated heterocycles. The number of carbonyl (C=O) groups is 2. The minimum absolute atomic E-state index is 0.0956. The third-order valence-corrected chi connectivity index (χ3v) is 4.15. The van der Waals surface area contributed by atoms with Gasteiger partial charge in [-0.15, -0.1) is 0 Å². The summed E-state index contributed by atoms with van der Waals surface area (Å²) in [5.74, 6) is 0.186. The fraction of sp³-hybridized carbons (Fsp3) is 0.833. The van der Waals surface area contributed by atoms with Gasteiger partial charge in [-0.2, -0.15) is 0 Å². The number of hydrogen-bond acceptors (Lipinski definition) is 5. The lowest BCUT2D eigenvalue weighted by Gasteiger charge is -2.20. The highest BCUT2D eigenvalue weighted by molar-refractivity contribution is 8.14. The first kappa shape index (κ1) is 13.8. The van der Waals surface area contributed by atoms with Gasteiger partial charge in [0.25, 0.3) is 5.24 Å². The summed E-state index contributed by atoms with van der Waals surface area (Å²) in [4.78, 5) is 26.3. The van der Waals surface area contributed by atoms with Crippen molar-refractivity contribution in [2.45, 2.75) is 25.8 Å². The van der Waals surface area contributed by atoms with Gasteiger partial charge in [-0.3, -0.25) is 19.4 Å². The maximum atomic E-state index is 11.3. The van der Waals surface area contributed by atoms with Crippen LogP contribution in [0.5, 0.6) is 0 Å². The van der Waals surface area contributed by atoms with Gasteiger partial charge in [0.05, 0.1) is 25.5 Å². The molecule has 1 aliphatic carbocycles. The Kier molecular flexibility index (Phi) is 5.03. The summed E-state index contributed by atoms with van der Waals surface area (Å²) in [6, 6.07) is 0.761. The highest BCUT2D eigenvalue weighted by Crippen LogP contribution is 2.25. The van der Waals surface area contributed by atoms with Crippen molar-refractivity contribution in [2.24, 2.45) is 0 Å². The van der Waals surface area contributed by atoms with Crippen molar-refractivity contribution in [1.82, 2.24) is 9.80 Å². The number of nitrogens with zero attached hydrogens (tertiary/aromatic N) is 2. The summed E-state index contributed by atoms with van der Waals surface area (Å²) in [5, 5.41) is -0.142. The highest BCUT2D eigenvalue weighted by Gasteiger charge is 2.29. The molecule has 2 fully saturated rings. The molecule has 2 aliphatic rings. The van der Waals surface area contributed by atoms with E-state index in [1.165, 1.54) is 17.7 Å². The van der Waals surface area contributed by atoms with Gasteiger partial charge in [0.1, 0.15) is 0 Å². The monoisotopic (exact) mass is 272 g/mol. The summed E-state index contributed by atoms with van der Waals surface area (Å²) in [7, 11) is 0. The van der Waals surface area contributed by atoms with Gasteiger partial charge in [0.15, 0.2) is 0 Å². The third-order valence-electron chi connectivity index (χ3n) is 3.29. The molecule has 0 aromatic heterocycles. The van der Waals surface area contributed by atoms with Crippen LogP contribution in [0.2, 0.25) is 0 Å². The summed E-state index contributed by atoms with van der Waals surface area (Å²) in [5.41, 5.74) is 0. The van der Waals surface area contributed by atoms with Crippen LogP contribution in [0.3, 0.4) is 0 Å². The predicted molar refractivity (Wildman–Crippen MR) is 70.7 cm³/mol. The number of carbonyl (C=O) groups excluding carboxylic acids is 2. The van der Waals surface area contributed by atoms with Crippen LogP contribution in [-0.4, -0.2) is 65.6 Å². The number of amides is 2. The van der Waals surface area contributed by atoms with Crippen LogP contribution in [-0.2, 0) is 9.53 Å². The van der Waals surface area contributed by atoms with Crippen molar-refractivity contribution in [1.29, 1.82) is 0 Å². The van der Waals surface area contributed by atoms with Crippen molar-refractivity contribution in [3.05, 3.63) is 0 Å². The lowest BCUT2D eigenvalue weighted by molar-refractivity contribution is -0.125. The molecule has 0 aromatic rings. The van der Waals surface area contributed by atoms with Crippen molar-refractivity contribution in [2.75, 3.05) is 38.6 Å². The topological polar surface area (TPSA) is 49.9 Å². The molecular formula is C12H20N2O3S. The largest absolute Gasteiger partial charge is 0.378 e. The minimum atomic E-state index is -0.142. The smallest absolute Gasteiger partial charge is 0.288 e. The van der Waals surface area contributed by atoms with Gasteiger partial charge in [-0.1, -0.05) is 18.7 Å². The Bertz CT molecular complexity index is 304. The average Bonchev–Trinajstić information content (AvgIpc) is 3.14. The van der Waals surface area contributed by atoms with Crippen molar-refractivity contribution in [3.63, 3.8) is 0 Å². The molecule has 1 aliphatic heterocycles. The van der Waals surface area contributed by atoms with Gasteiger partial charge >= 0.3 is 0 Å². The molecule has 0 spiro atoms. The Labute approximate surface area is 112 Å². The molecule has 6 heteroatoms. The Balaban J connectivity index is 1.55. The van der Waals surface area contributed by atoms with E-state index < -0.39 is 0 Å². The molecule has 102 valence electrons. The van der Waals surface area contributed by atoms with Crippen LogP contribution in [0.4, 0.5) is 4.79 Å². The zero-order chi connectivity index (χ0) is 13.0. The molecule has 0 aromatic carbocycles. The number of hydrogen-bond donors (Lipinski definition) is 0. The third kappa shape index (κ3) is 3.70. The molecule has 2 rings (SSSR count). The number of rotatable bonds is 8. The van der Waals surface area contributed by atoms with E-state index in [0.29, 0.717) is 19.8 Å². The lowest BCUT2D eigenvalue weighted by Crippen LogP contribution is -2.33. The average molecular weight is 272 g/mol. The fourth-order valence-corrected chi connectivity index (χ4v) is 2.83. The van der Waals surface area contributed by atoms with E-state index in [1.807, 2.05) is 0 Å². The van der Waals surface area contributed by atoms with E-state index in [4.69, 9.17) is 4.74 Å². The molecule has 0 bridgehead atoms.